The van der Waals surface area contributed by atoms with Gasteiger partial charge in [-0.05, 0) is 80.7 Å². The van der Waals surface area contributed by atoms with Crippen molar-refractivity contribution >= 4 is 13.1 Å². The molecule has 1 heterocycles. The van der Waals surface area contributed by atoms with Crippen LogP contribution in [0, 0.1) is 11.7 Å². The van der Waals surface area contributed by atoms with Crippen LogP contribution in [0.2, 0.25) is 6.32 Å². The molecule has 1 aliphatic carbocycles. The van der Waals surface area contributed by atoms with Crippen LogP contribution in [0.15, 0.2) is 18.2 Å². The predicted octanol–water partition coefficient (Wildman–Crippen LogP) is 2.04. The van der Waals surface area contributed by atoms with Gasteiger partial charge in [0.15, 0.2) is 0 Å². The molecule has 0 amide bonds. The molecule has 1 aromatic carbocycles. The van der Waals surface area contributed by atoms with Crippen molar-refractivity contribution < 1.29 is 24.0 Å². The summed E-state index contributed by atoms with van der Waals surface area (Å²) < 4.78 is 18.5. The SMILES string of the molecule is COC(=O)C(N)(CCCCB(O)O)C1CCN(C2CCc3cc(F)ccc32)CC1. The van der Waals surface area contributed by atoms with Gasteiger partial charge in [-0.15, -0.1) is 0 Å². The summed E-state index contributed by atoms with van der Waals surface area (Å²) in [6.07, 6.45) is 5.50. The van der Waals surface area contributed by atoms with E-state index in [0.29, 0.717) is 25.3 Å². The number of ether oxygens (including phenoxy) is 1. The Labute approximate surface area is 172 Å². The molecule has 2 unspecified atom stereocenters. The monoisotopic (exact) mass is 406 g/mol. The van der Waals surface area contributed by atoms with Gasteiger partial charge in [-0.25, -0.2) is 4.39 Å². The van der Waals surface area contributed by atoms with E-state index >= 15 is 0 Å². The maximum Gasteiger partial charge on any atom is 0.451 e. The number of nitrogens with zero attached hydrogens (tertiary/aromatic N) is 1. The lowest BCUT2D eigenvalue weighted by Crippen LogP contribution is -2.57. The van der Waals surface area contributed by atoms with Gasteiger partial charge in [-0.3, -0.25) is 9.69 Å². The van der Waals surface area contributed by atoms with Crippen molar-refractivity contribution in [1.29, 1.82) is 0 Å². The quantitative estimate of drug-likeness (QED) is 0.347. The Kier molecular flexibility index (Phi) is 7.32. The molecular weight excluding hydrogens is 374 g/mol. The number of carbonyl (C=O) groups excluding carboxylic acids is 1. The number of rotatable bonds is 8. The summed E-state index contributed by atoms with van der Waals surface area (Å²) in [5, 5.41) is 18.0. The average Bonchev–Trinajstić information content (AvgIpc) is 3.13. The number of fused-ring (bicyclic) bond motifs is 1. The van der Waals surface area contributed by atoms with E-state index in [9.17, 15) is 9.18 Å². The smallest absolute Gasteiger partial charge is 0.451 e. The standard InChI is InChI=1S/C21H32BFN2O4/c1-29-20(26)21(24,10-2-3-11-22(27)28)16-8-12-25(13-9-16)19-7-4-15-14-17(23)5-6-18(15)19/h5-6,14,16,19,27-28H,2-4,7-13,24H2,1H3. The number of esters is 1. The number of unbranched alkanes of at least 4 members (excludes halogenated alkanes) is 1. The number of hydrogen-bond donors (Lipinski definition) is 3. The van der Waals surface area contributed by atoms with Gasteiger partial charge in [-0.1, -0.05) is 18.9 Å². The lowest BCUT2D eigenvalue weighted by molar-refractivity contribution is -0.150. The number of benzene rings is 1. The molecule has 1 aliphatic heterocycles. The van der Waals surface area contributed by atoms with E-state index in [1.165, 1.54) is 18.7 Å². The van der Waals surface area contributed by atoms with Gasteiger partial charge in [-0.2, -0.15) is 0 Å². The summed E-state index contributed by atoms with van der Waals surface area (Å²) in [6.45, 7) is 1.69. The minimum absolute atomic E-state index is 0.0272. The van der Waals surface area contributed by atoms with Crippen LogP contribution in [0.5, 0.6) is 0 Å². The van der Waals surface area contributed by atoms with E-state index in [1.807, 2.05) is 6.07 Å². The van der Waals surface area contributed by atoms with Gasteiger partial charge in [0.2, 0.25) is 0 Å². The van der Waals surface area contributed by atoms with Crippen molar-refractivity contribution in [2.45, 2.75) is 62.8 Å². The summed E-state index contributed by atoms with van der Waals surface area (Å²) in [7, 11) is 0.0387. The van der Waals surface area contributed by atoms with E-state index in [2.05, 4.69) is 4.90 Å². The van der Waals surface area contributed by atoms with Gasteiger partial charge in [0.05, 0.1) is 7.11 Å². The molecular formula is C21H32BFN2O4. The van der Waals surface area contributed by atoms with Crippen LogP contribution in [0.1, 0.15) is 55.7 Å². The number of piperidine rings is 1. The molecule has 0 radical (unpaired) electrons. The van der Waals surface area contributed by atoms with E-state index in [0.717, 1.165) is 44.3 Å². The molecule has 29 heavy (non-hydrogen) atoms. The van der Waals surface area contributed by atoms with Crippen molar-refractivity contribution in [3.05, 3.63) is 35.1 Å². The zero-order valence-corrected chi connectivity index (χ0v) is 17.1. The highest BCUT2D eigenvalue weighted by atomic mass is 19.1. The first-order chi connectivity index (χ1) is 13.8. The first-order valence-corrected chi connectivity index (χ1v) is 10.6. The molecule has 1 aromatic rings. The second kappa shape index (κ2) is 9.56. The number of likely N-dealkylation sites (tertiary alicyclic amines) is 1. The fourth-order valence-electron chi connectivity index (χ4n) is 5.08. The zero-order chi connectivity index (χ0) is 21.0. The third-order valence-corrected chi connectivity index (χ3v) is 6.72. The van der Waals surface area contributed by atoms with Crippen molar-refractivity contribution in [2.75, 3.05) is 20.2 Å². The van der Waals surface area contributed by atoms with Crippen LogP contribution in [0.25, 0.3) is 0 Å². The molecule has 0 bridgehead atoms. The topological polar surface area (TPSA) is 96.0 Å². The average molecular weight is 406 g/mol. The van der Waals surface area contributed by atoms with Gasteiger partial charge in [0, 0.05) is 6.04 Å². The van der Waals surface area contributed by atoms with Crippen LogP contribution >= 0.6 is 0 Å². The minimum Gasteiger partial charge on any atom is -0.468 e. The molecule has 2 aliphatic rings. The van der Waals surface area contributed by atoms with Gasteiger partial charge < -0.3 is 20.5 Å². The summed E-state index contributed by atoms with van der Waals surface area (Å²) in [5.41, 5.74) is 7.86. The number of aryl methyl sites for hydroxylation is 1. The molecule has 0 spiro atoms. The Morgan fingerprint density at radius 1 is 1.31 bits per heavy atom. The van der Waals surface area contributed by atoms with E-state index < -0.39 is 12.7 Å². The second-order valence-corrected chi connectivity index (χ2v) is 8.47. The Balaban J connectivity index is 1.61. The Bertz CT molecular complexity index is 712. The summed E-state index contributed by atoms with van der Waals surface area (Å²) in [5.74, 6) is -0.538. The van der Waals surface area contributed by atoms with Crippen LogP contribution < -0.4 is 5.73 Å². The largest absolute Gasteiger partial charge is 0.468 e. The van der Waals surface area contributed by atoms with Crippen molar-refractivity contribution in [3.63, 3.8) is 0 Å². The van der Waals surface area contributed by atoms with Crippen LogP contribution in [-0.4, -0.2) is 53.8 Å². The molecule has 160 valence electrons. The first-order valence-electron chi connectivity index (χ1n) is 10.6. The Hall–Kier alpha value is -1.48. The zero-order valence-electron chi connectivity index (χ0n) is 17.1. The van der Waals surface area contributed by atoms with Crippen molar-refractivity contribution in [3.8, 4) is 0 Å². The fraction of sp³-hybridized carbons (Fsp3) is 0.667. The molecule has 3 rings (SSSR count). The summed E-state index contributed by atoms with van der Waals surface area (Å²) in [6, 6.07) is 5.40. The predicted molar refractivity (Wildman–Crippen MR) is 110 cm³/mol. The molecule has 6 nitrogen and oxygen atoms in total. The van der Waals surface area contributed by atoms with Crippen LogP contribution in [0.3, 0.4) is 0 Å². The Morgan fingerprint density at radius 2 is 2.03 bits per heavy atom. The maximum atomic E-state index is 13.5. The molecule has 1 fully saturated rings. The first kappa shape index (κ1) is 22.2. The number of nitrogens with two attached hydrogens (primary N) is 1. The number of methoxy groups -OCH3 is 1. The molecule has 8 heteroatoms. The van der Waals surface area contributed by atoms with Gasteiger partial charge >= 0.3 is 13.1 Å². The number of hydrogen-bond acceptors (Lipinski definition) is 6. The lowest BCUT2D eigenvalue weighted by atomic mass is 9.74. The maximum absolute atomic E-state index is 13.5. The Morgan fingerprint density at radius 3 is 2.69 bits per heavy atom. The minimum atomic E-state index is -1.33. The van der Waals surface area contributed by atoms with Gasteiger partial charge in [0.25, 0.3) is 0 Å². The van der Waals surface area contributed by atoms with E-state index in [1.54, 1.807) is 6.07 Å². The summed E-state index contributed by atoms with van der Waals surface area (Å²) >= 11 is 0. The number of carbonyl (C=O) groups is 1. The lowest BCUT2D eigenvalue weighted by Gasteiger charge is -2.42. The van der Waals surface area contributed by atoms with Gasteiger partial charge in [0.1, 0.15) is 11.4 Å². The van der Waals surface area contributed by atoms with E-state index in [4.69, 9.17) is 20.5 Å². The highest BCUT2D eigenvalue weighted by Crippen LogP contribution is 2.40. The molecule has 2 atom stereocenters. The van der Waals surface area contributed by atoms with E-state index in [-0.39, 0.29) is 24.0 Å². The third kappa shape index (κ3) is 4.99. The molecule has 0 aromatic heterocycles. The molecule has 0 saturated carbocycles. The molecule has 1 saturated heterocycles. The van der Waals surface area contributed by atoms with Crippen LogP contribution in [-0.2, 0) is 16.0 Å². The second-order valence-electron chi connectivity index (χ2n) is 8.47. The highest BCUT2D eigenvalue weighted by Gasteiger charge is 2.44. The van der Waals surface area contributed by atoms with Crippen molar-refractivity contribution in [1.82, 2.24) is 4.90 Å². The third-order valence-electron chi connectivity index (χ3n) is 6.72. The summed E-state index contributed by atoms with van der Waals surface area (Å²) in [4.78, 5) is 14.9. The van der Waals surface area contributed by atoms with Crippen molar-refractivity contribution in [2.24, 2.45) is 11.7 Å². The number of halogens is 1. The molecule has 4 N–H and O–H groups in total. The normalized spacial score (nSPS) is 22.2. The van der Waals surface area contributed by atoms with Crippen LogP contribution in [0.4, 0.5) is 4.39 Å². The fourth-order valence-corrected chi connectivity index (χ4v) is 5.08. The highest BCUT2D eigenvalue weighted by molar-refractivity contribution is 6.40.